The van der Waals surface area contributed by atoms with E-state index in [4.69, 9.17) is 4.74 Å². The van der Waals surface area contributed by atoms with E-state index in [-0.39, 0.29) is 11.3 Å². The van der Waals surface area contributed by atoms with Gasteiger partial charge in [0.05, 0.1) is 13.2 Å². The maximum absolute atomic E-state index is 13.9. The van der Waals surface area contributed by atoms with Crippen molar-refractivity contribution in [1.29, 1.82) is 0 Å². The lowest BCUT2D eigenvalue weighted by Gasteiger charge is -2.19. The Balaban J connectivity index is 2.55. The lowest BCUT2D eigenvalue weighted by Crippen LogP contribution is -2.21. The van der Waals surface area contributed by atoms with Gasteiger partial charge >= 0.3 is 0 Å². The van der Waals surface area contributed by atoms with Crippen LogP contribution < -0.4 is 10.1 Å². The third-order valence-corrected chi connectivity index (χ3v) is 3.13. The molecule has 0 amide bonds. The monoisotopic (exact) mass is 299 g/mol. The summed E-state index contributed by atoms with van der Waals surface area (Å²) in [5.41, 5.74) is 0.0488. The van der Waals surface area contributed by atoms with Crippen LogP contribution in [0.5, 0.6) is 5.75 Å². The van der Waals surface area contributed by atoms with Gasteiger partial charge in [0, 0.05) is 17.7 Å². The summed E-state index contributed by atoms with van der Waals surface area (Å²) in [6.07, 6.45) is 0. The summed E-state index contributed by atoms with van der Waals surface area (Å²) in [6, 6.07) is 4.14. The van der Waals surface area contributed by atoms with Crippen molar-refractivity contribution in [2.45, 2.75) is 6.04 Å². The van der Waals surface area contributed by atoms with E-state index in [1.54, 1.807) is 0 Å². The fourth-order valence-electron chi connectivity index (χ4n) is 2.16. The molecule has 0 saturated heterocycles. The van der Waals surface area contributed by atoms with Crippen molar-refractivity contribution in [2.75, 3.05) is 14.2 Å². The van der Waals surface area contributed by atoms with Crippen molar-refractivity contribution in [2.24, 2.45) is 0 Å². The maximum Gasteiger partial charge on any atom is 0.165 e. The molecule has 2 nitrogen and oxygen atoms in total. The number of hydrogen-bond donors (Lipinski definition) is 1. The summed E-state index contributed by atoms with van der Waals surface area (Å²) in [5.74, 6) is -3.67. The first-order valence-electron chi connectivity index (χ1n) is 6.13. The number of nitrogens with one attached hydrogen (secondary N) is 1. The minimum absolute atomic E-state index is 0.0457. The number of halogens is 4. The lowest BCUT2D eigenvalue weighted by molar-refractivity contribution is 0.385. The van der Waals surface area contributed by atoms with Crippen LogP contribution >= 0.6 is 0 Å². The van der Waals surface area contributed by atoms with Gasteiger partial charge in [-0.3, -0.25) is 0 Å². The summed E-state index contributed by atoms with van der Waals surface area (Å²) in [6.45, 7) is 0. The van der Waals surface area contributed by atoms with Gasteiger partial charge in [-0.25, -0.2) is 17.6 Å². The van der Waals surface area contributed by atoms with Crippen molar-refractivity contribution in [3.63, 3.8) is 0 Å². The molecule has 0 spiro atoms. The van der Waals surface area contributed by atoms with Gasteiger partial charge in [0.1, 0.15) is 17.5 Å². The van der Waals surface area contributed by atoms with Crippen LogP contribution in [0.3, 0.4) is 0 Å². The van der Waals surface area contributed by atoms with Gasteiger partial charge in [-0.2, -0.15) is 0 Å². The third-order valence-electron chi connectivity index (χ3n) is 3.13. The first-order valence-corrected chi connectivity index (χ1v) is 6.13. The van der Waals surface area contributed by atoms with E-state index < -0.39 is 29.3 Å². The highest BCUT2D eigenvalue weighted by atomic mass is 19.1. The summed E-state index contributed by atoms with van der Waals surface area (Å²) >= 11 is 0. The van der Waals surface area contributed by atoms with Crippen LogP contribution in [0.25, 0.3) is 0 Å². The van der Waals surface area contributed by atoms with E-state index in [9.17, 15) is 17.6 Å². The number of hydrogen-bond acceptors (Lipinski definition) is 2. The molecule has 1 atom stereocenters. The Morgan fingerprint density at radius 1 is 0.952 bits per heavy atom. The molecule has 0 aliphatic heterocycles. The van der Waals surface area contributed by atoms with E-state index >= 15 is 0 Å². The summed E-state index contributed by atoms with van der Waals surface area (Å²) in [7, 11) is 2.78. The van der Waals surface area contributed by atoms with Crippen molar-refractivity contribution in [1.82, 2.24) is 5.32 Å². The SMILES string of the molecule is CNC(c1ccc(F)c(OC)c1)c1c(F)cc(F)cc1F. The molecule has 1 N–H and O–H groups in total. The zero-order valence-corrected chi connectivity index (χ0v) is 11.4. The fraction of sp³-hybridized carbons (Fsp3) is 0.200. The summed E-state index contributed by atoms with van der Waals surface area (Å²) in [4.78, 5) is 0. The Hall–Kier alpha value is -2.08. The van der Waals surface area contributed by atoms with Crippen molar-refractivity contribution >= 4 is 0 Å². The van der Waals surface area contributed by atoms with Gasteiger partial charge in [0.25, 0.3) is 0 Å². The Morgan fingerprint density at radius 3 is 2.10 bits per heavy atom. The van der Waals surface area contributed by atoms with Gasteiger partial charge < -0.3 is 10.1 Å². The van der Waals surface area contributed by atoms with Crippen LogP contribution in [0, 0.1) is 23.3 Å². The average molecular weight is 299 g/mol. The first-order chi connectivity index (χ1) is 9.97. The highest BCUT2D eigenvalue weighted by Gasteiger charge is 2.22. The molecule has 112 valence electrons. The molecule has 0 aliphatic carbocycles. The second kappa shape index (κ2) is 6.13. The smallest absolute Gasteiger partial charge is 0.165 e. The molecule has 0 heterocycles. The Morgan fingerprint density at radius 2 is 1.57 bits per heavy atom. The van der Waals surface area contributed by atoms with E-state index in [0.717, 1.165) is 6.07 Å². The zero-order chi connectivity index (χ0) is 15.6. The Labute approximate surface area is 119 Å². The fourth-order valence-corrected chi connectivity index (χ4v) is 2.16. The zero-order valence-electron chi connectivity index (χ0n) is 11.4. The molecule has 6 heteroatoms. The number of methoxy groups -OCH3 is 1. The van der Waals surface area contributed by atoms with Crippen LogP contribution in [0.1, 0.15) is 17.2 Å². The first kappa shape index (κ1) is 15.3. The largest absolute Gasteiger partial charge is 0.494 e. The van der Waals surface area contributed by atoms with Crippen LogP contribution in [0.2, 0.25) is 0 Å². The molecule has 0 bridgehead atoms. The van der Waals surface area contributed by atoms with E-state index in [2.05, 4.69) is 5.32 Å². The molecule has 0 radical (unpaired) electrons. The van der Waals surface area contributed by atoms with Gasteiger partial charge in [0.15, 0.2) is 11.6 Å². The molecular formula is C15H13F4NO. The minimum Gasteiger partial charge on any atom is -0.494 e. The summed E-state index contributed by atoms with van der Waals surface area (Å²) < 4.78 is 59.0. The predicted molar refractivity (Wildman–Crippen MR) is 70.2 cm³/mol. The molecule has 0 aliphatic rings. The third kappa shape index (κ3) is 3.00. The normalized spacial score (nSPS) is 12.3. The highest BCUT2D eigenvalue weighted by molar-refractivity contribution is 5.38. The van der Waals surface area contributed by atoms with Crippen LogP contribution in [-0.2, 0) is 0 Å². The molecule has 0 aromatic heterocycles. The molecule has 2 rings (SSSR count). The number of rotatable bonds is 4. The molecule has 1 unspecified atom stereocenters. The van der Waals surface area contributed by atoms with Crippen LogP contribution in [0.4, 0.5) is 17.6 Å². The second-order valence-electron chi connectivity index (χ2n) is 4.40. The van der Waals surface area contributed by atoms with E-state index in [0.29, 0.717) is 17.7 Å². The number of ether oxygens (including phenoxy) is 1. The molecule has 2 aromatic rings. The van der Waals surface area contributed by atoms with Crippen molar-refractivity contribution in [3.8, 4) is 5.75 Å². The predicted octanol–water partition coefficient (Wildman–Crippen LogP) is 3.56. The Bertz CT molecular complexity index is 637. The summed E-state index contributed by atoms with van der Waals surface area (Å²) in [5, 5.41) is 2.73. The Kier molecular flexibility index (Phi) is 4.47. The second-order valence-corrected chi connectivity index (χ2v) is 4.40. The highest BCUT2D eigenvalue weighted by Crippen LogP contribution is 2.30. The van der Waals surface area contributed by atoms with Crippen molar-refractivity contribution in [3.05, 3.63) is 64.7 Å². The van der Waals surface area contributed by atoms with E-state index in [1.807, 2.05) is 0 Å². The van der Waals surface area contributed by atoms with E-state index in [1.165, 1.54) is 26.3 Å². The quantitative estimate of drug-likeness (QED) is 0.872. The molecule has 0 saturated carbocycles. The minimum atomic E-state index is -1.02. The van der Waals surface area contributed by atoms with Crippen LogP contribution in [-0.4, -0.2) is 14.2 Å². The van der Waals surface area contributed by atoms with Crippen LogP contribution in [0.15, 0.2) is 30.3 Å². The maximum atomic E-state index is 13.9. The molecule has 2 aromatic carbocycles. The van der Waals surface area contributed by atoms with Gasteiger partial charge in [0.2, 0.25) is 0 Å². The topological polar surface area (TPSA) is 21.3 Å². The standard InChI is InChI=1S/C15H13F4NO/c1-20-15(8-3-4-10(17)13(5-8)21-2)14-11(18)6-9(16)7-12(14)19/h3-7,15,20H,1-2H3. The lowest BCUT2D eigenvalue weighted by atomic mass is 9.97. The van der Waals surface area contributed by atoms with Crippen molar-refractivity contribution < 1.29 is 22.3 Å². The van der Waals surface area contributed by atoms with Gasteiger partial charge in [-0.15, -0.1) is 0 Å². The average Bonchev–Trinajstić information content (AvgIpc) is 2.43. The number of benzene rings is 2. The molecular weight excluding hydrogens is 286 g/mol. The van der Waals surface area contributed by atoms with Gasteiger partial charge in [-0.05, 0) is 24.7 Å². The van der Waals surface area contributed by atoms with Gasteiger partial charge in [-0.1, -0.05) is 6.07 Å². The molecule has 21 heavy (non-hydrogen) atoms. The molecule has 0 fully saturated rings.